The summed E-state index contributed by atoms with van der Waals surface area (Å²) < 4.78 is 0. The molecule has 1 atom stereocenters. The summed E-state index contributed by atoms with van der Waals surface area (Å²) in [5, 5.41) is 2.95. The molecule has 1 rings (SSSR count). The van der Waals surface area contributed by atoms with Crippen molar-refractivity contribution in [3.05, 3.63) is 0 Å². The average molecular weight is 155 g/mol. The molecule has 0 aromatic heterocycles. The van der Waals surface area contributed by atoms with Crippen LogP contribution >= 0.6 is 0 Å². The first-order chi connectivity index (χ1) is 5.33. The second-order valence-corrected chi connectivity index (χ2v) is 3.32. The van der Waals surface area contributed by atoms with Gasteiger partial charge in [0, 0.05) is 13.0 Å². The van der Waals surface area contributed by atoms with Crippen LogP contribution in [-0.4, -0.2) is 12.5 Å². The number of carbonyl (C=O) groups excluding carboxylic acids is 1. The molecule has 1 aliphatic rings. The minimum atomic E-state index is 0.239. The number of amides is 1. The molecule has 1 fully saturated rings. The van der Waals surface area contributed by atoms with Crippen LogP contribution in [0, 0.1) is 5.92 Å². The van der Waals surface area contributed by atoms with Gasteiger partial charge in [-0.25, -0.2) is 0 Å². The Morgan fingerprint density at radius 3 is 3.09 bits per heavy atom. The van der Waals surface area contributed by atoms with E-state index in [0.717, 1.165) is 25.3 Å². The largest absolute Gasteiger partial charge is 0.356 e. The van der Waals surface area contributed by atoms with Gasteiger partial charge < -0.3 is 5.32 Å². The molecule has 2 nitrogen and oxygen atoms in total. The predicted molar refractivity (Wildman–Crippen MR) is 45.3 cm³/mol. The van der Waals surface area contributed by atoms with Gasteiger partial charge in [-0.05, 0) is 18.8 Å². The summed E-state index contributed by atoms with van der Waals surface area (Å²) in [4.78, 5) is 11.0. The summed E-state index contributed by atoms with van der Waals surface area (Å²) in [6.07, 6.45) is 5.52. The van der Waals surface area contributed by atoms with Crippen LogP contribution in [-0.2, 0) is 4.79 Å². The van der Waals surface area contributed by atoms with Crippen LogP contribution in [0.2, 0.25) is 0 Å². The fourth-order valence-corrected chi connectivity index (χ4v) is 1.52. The Hall–Kier alpha value is -0.530. The topological polar surface area (TPSA) is 29.1 Å². The summed E-state index contributed by atoms with van der Waals surface area (Å²) in [6, 6.07) is 0. The molecular weight excluding hydrogens is 138 g/mol. The number of carbonyl (C=O) groups is 1. The van der Waals surface area contributed by atoms with Crippen molar-refractivity contribution in [3.8, 4) is 0 Å². The molecule has 1 amide bonds. The highest BCUT2D eigenvalue weighted by Gasteiger charge is 2.11. The molecule has 0 aromatic rings. The van der Waals surface area contributed by atoms with E-state index in [1.807, 2.05) is 0 Å². The maximum absolute atomic E-state index is 11.0. The SMILES string of the molecule is CCC1CCCCC(=O)NC1. The van der Waals surface area contributed by atoms with E-state index in [-0.39, 0.29) is 5.91 Å². The highest BCUT2D eigenvalue weighted by Crippen LogP contribution is 2.14. The van der Waals surface area contributed by atoms with E-state index in [1.54, 1.807) is 0 Å². The molecule has 0 bridgehead atoms. The van der Waals surface area contributed by atoms with Crippen molar-refractivity contribution in [3.63, 3.8) is 0 Å². The lowest BCUT2D eigenvalue weighted by Crippen LogP contribution is -2.30. The molecule has 0 radical (unpaired) electrons. The summed E-state index contributed by atoms with van der Waals surface area (Å²) in [5.74, 6) is 0.961. The van der Waals surface area contributed by atoms with Crippen molar-refractivity contribution in [2.75, 3.05) is 6.54 Å². The standard InChI is InChI=1S/C9H17NO/c1-2-8-5-3-4-6-9(11)10-7-8/h8H,2-7H2,1H3,(H,10,11). The highest BCUT2D eigenvalue weighted by atomic mass is 16.1. The number of nitrogens with one attached hydrogen (secondary N) is 1. The van der Waals surface area contributed by atoms with Crippen LogP contribution in [0.5, 0.6) is 0 Å². The van der Waals surface area contributed by atoms with Gasteiger partial charge in [-0.1, -0.05) is 19.8 Å². The quantitative estimate of drug-likeness (QED) is 0.613. The molecule has 1 aliphatic heterocycles. The summed E-state index contributed by atoms with van der Waals surface area (Å²) >= 11 is 0. The molecule has 1 N–H and O–H groups in total. The van der Waals surface area contributed by atoms with Gasteiger partial charge in [-0.3, -0.25) is 4.79 Å². The second kappa shape index (κ2) is 4.37. The Bertz CT molecular complexity index is 134. The number of hydrogen-bond acceptors (Lipinski definition) is 1. The van der Waals surface area contributed by atoms with E-state index >= 15 is 0 Å². The van der Waals surface area contributed by atoms with Crippen LogP contribution in [0.25, 0.3) is 0 Å². The lowest BCUT2D eigenvalue weighted by atomic mass is 9.97. The summed E-state index contributed by atoms with van der Waals surface area (Å²) in [5.41, 5.74) is 0. The molecule has 1 saturated heterocycles. The lowest BCUT2D eigenvalue weighted by molar-refractivity contribution is -0.121. The zero-order valence-electron chi connectivity index (χ0n) is 7.23. The van der Waals surface area contributed by atoms with E-state index in [9.17, 15) is 4.79 Å². The van der Waals surface area contributed by atoms with Crippen LogP contribution < -0.4 is 5.32 Å². The van der Waals surface area contributed by atoms with E-state index in [0.29, 0.717) is 0 Å². The first-order valence-electron chi connectivity index (χ1n) is 4.59. The van der Waals surface area contributed by atoms with E-state index in [2.05, 4.69) is 12.2 Å². The van der Waals surface area contributed by atoms with Gasteiger partial charge in [0.2, 0.25) is 5.91 Å². The van der Waals surface area contributed by atoms with Gasteiger partial charge in [0.15, 0.2) is 0 Å². The average Bonchev–Trinajstić information content (AvgIpc) is 1.98. The Labute approximate surface area is 68.4 Å². The van der Waals surface area contributed by atoms with Crippen molar-refractivity contribution in [1.82, 2.24) is 5.32 Å². The van der Waals surface area contributed by atoms with Crippen LogP contribution in [0.1, 0.15) is 39.0 Å². The second-order valence-electron chi connectivity index (χ2n) is 3.32. The van der Waals surface area contributed by atoms with Crippen LogP contribution in [0.15, 0.2) is 0 Å². The minimum Gasteiger partial charge on any atom is -0.356 e. The van der Waals surface area contributed by atoms with Crippen molar-refractivity contribution in [1.29, 1.82) is 0 Å². The smallest absolute Gasteiger partial charge is 0.220 e. The molecule has 0 aliphatic carbocycles. The molecular formula is C9H17NO. The summed E-state index contributed by atoms with van der Waals surface area (Å²) in [6.45, 7) is 3.09. The van der Waals surface area contributed by atoms with Gasteiger partial charge in [-0.2, -0.15) is 0 Å². The molecule has 0 spiro atoms. The van der Waals surface area contributed by atoms with Gasteiger partial charge in [-0.15, -0.1) is 0 Å². The lowest BCUT2D eigenvalue weighted by Gasteiger charge is -2.18. The van der Waals surface area contributed by atoms with Gasteiger partial charge >= 0.3 is 0 Å². The third-order valence-corrected chi connectivity index (χ3v) is 2.43. The predicted octanol–water partition coefficient (Wildman–Crippen LogP) is 1.70. The Kier molecular flexibility index (Phi) is 3.40. The fraction of sp³-hybridized carbons (Fsp3) is 0.889. The maximum atomic E-state index is 11.0. The molecule has 11 heavy (non-hydrogen) atoms. The van der Waals surface area contributed by atoms with Crippen molar-refractivity contribution < 1.29 is 4.79 Å². The first kappa shape index (κ1) is 8.57. The Morgan fingerprint density at radius 2 is 2.36 bits per heavy atom. The maximum Gasteiger partial charge on any atom is 0.220 e. The third-order valence-electron chi connectivity index (χ3n) is 2.43. The molecule has 0 saturated carbocycles. The first-order valence-corrected chi connectivity index (χ1v) is 4.59. The van der Waals surface area contributed by atoms with Crippen molar-refractivity contribution in [2.45, 2.75) is 39.0 Å². The molecule has 64 valence electrons. The molecule has 0 aromatic carbocycles. The van der Waals surface area contributed by atoms with Crippen molar-refractivity contribution >= 4 is 5.91 Å². The monoisotopic (exact) mass is 155 g/mol. The van der Waals surface area contributed by atoms with Crippen LogP contribution in [0.4, 0.5) is 0 Å². The highest BCUT2D eigenvalue weighted by molar-refractivity contribution is 5.75. The van der Waals surface area contributed by atoms with E-state index in [1.165, 1.54) is 19.3 Å². The molecule has 2 heteroatoms. The Morgan fingerprint density at radius 1 is 1.55 bits per heavy atom. The normalized spacial score (nSPS) is 27.0. The fourth-order valence-electron chi connectivity index (χ4n) is 1.52. The number of rotatable bonds is 1. The zero-order valence-corrected chi connectivity index (χ0v) is 7.23. The Balaban J connectivity index is 2.31. The van der Waals surface area contributed by atoms with Crippen LogP contribution in [0.3, 0.4) is 0 Å². The minimum absolute atomic E-state index is 0.239. The van der Waals surface area contributed by atoms with E-state index < -0.39 is 0 Å². The third kappa shape index (κ3) is 2.91. The van der Waals surface area contributed by atoms with Crippen molar-refractivity contribution in [2.24, 2.45) is 5.92 Å². The van der Waals surface area contributed by atoms with Gasteiger partial charge in [0.1, 0.15) is 0 Å². The molecule has 1 unspecified atom stereocenters. The van der Waals surface area contributed by atoms with Gasteiger partial charge in [0.05, 0.1) is 0 Å². The number of hydrogen-bond donors (Lipinski definition) is 1. The van der Waals surface area contributed by atoms with E-state index in [4.69, 9.17) is 0 Å². The molecule has 1 heterocycles. The zero-order chi connectivity index (χ0) is 8.10. The summed E-state index contributed by atoms with van der Waals surface area (Å²) in [7, 11) is 0. The van der Waals surface area contributed by atoms with Gasteiger partial charge in [0.25, 0.3) is 0 Å².